The number of benzene rings is 1. The summed E-state index contributed by atoms with van der Waals surface area (Å²) in [5, 5.41) is 2.90. The van der Waals surface area contributed by atoms with Gasteiger partial charge in [0.25, 0.3) is 5.91 Å². The predicted octanol–water partition coefficient (Wildman–Crippen LogP) is 2.68. The van der Waals surface area contributed by atoms with Crippen LogP contribution in [0.2, 0.25) is 0 Å². The maximum atomic E-state index is 13.3. The van der Waals surface area contributed by atoms with Crippen LogP contribution in [0.5, 0.6) is 0 Å². The molecule has 1 saturated carbocycles. The average Bonchev–Trinajstić information content (AvgIpc) is 3.27. The summed E-state index contributed by atoms with van der Waals surface area (Å²) < 4.78 is 13.3. The Bertz CT molecular complexity index is 623. The van der Waals surface area contributed by atoms with E-state index in [0.717, 1.165) is 18.4 Å². The maximum Gasteiger partial charge on any atom is 0.269 e. The minimum atomic E-state index is -0.232. The molecular weight excluding hydrogens is 255 g/mol. The topological polar surface area (TPSA) is 42.0 Å². The van der Waals surface area contributed by atoms with Crippen LogP contribution in [0.3, 0.4) is 0 Å². The Morgan fingerprint density at radius 1 is 1.25 bits per heavy atom. The van der Waals surface area contributed by atoms with Crippen molar-refractivity contribution in [3.63, 3.8) is 0 Å². The number of carbonyl (C=O) groups is 1. The molecule has 4 heteroatoms. The zero-order valence-electron chi connectivity index (χ0n) is 11.0. The largest absolute Gasteiger partial charge is 0.350 e. The normalized spacial score (nSPS) is 15.7. The van der Waals surface area contributed by atoms with Gasteiger partial charge in [-0.15, -0.1) is 0 Å². The molecule has 0 unspecified atom stereocenters. The van der Waals surface area contributed by atoms with Crippen LogP contribution in [-0.2, 0) is 5.41 Å². The highest BCUT2D eigenvalue weighted by molar-refractivity contribution is 5.92. The summed E-state index contributed by atoms with van der Waals surface area (Å²) >= 11 is 0. The Morgan fingerprint density at radius 2 is 2.10 bits per heavy atom. The Labute approximate surface area is 116 Å². The van der Waals surface area contributed by atoms with Gasteiger partial charge < -0.3 is 5.32 Å². The molecule has 0 atom stereocenters. The van der Waals surface area contributed by atoms with E-state index in [1.807, 2.05) is 6.07 Å². The van der Waals surface area contributed by atoms with E-state index in [2.05, 4.69) is 10.3 Å². The standard InChI is InChI=1S/C16H15FN2O/c17-13-5-3-4-12(10-13)16(7-8-16)11-19-15(20)14-6-1-2-9-18-14/h1-6,9-10H,7-8,11H2,(H,19,20). The van der Waals surface area contributed by atoms with Gasteiger partial charge in [0.15, 0.2) is 0 Å². The molecule has 1 aromatic carbocycles. The molecular formula is C16H15FN2O. The van der Waals surface area contributed by atoms with Crippen molar-refractivity contribution in [3.8, 4) is 0 Å². The first-order valence-electron chi connectivity index (χ1n) is 6.65. The third-order valence-corrected chi connectivity index (χ3v) is 3.78. The number of hydrogen-bond acceptors (Lipinski definition) is 2. The van der Waals surface area contributed by atoms with Gasteiger partial charge in [-0.05, 0) is 42.7 Å². The Hall–Kier alpha value is -2.23. The molecule has 1 fully saturated rings. The SMILES string of the molecule is O=C(NCC1(c2cccc(F)c2)CC1)c1ccccn1. The summed E-state index contributed by atoms with van der Waals surface area (Å²) in [5.74, 6) is -0.418. The average molecular weight is 270 g/mol. The predicted molar refractivity (Wildman–Crippen MR) is 73.9 cm³/mol. The van der Waals surface area contributed by atoms with Crippen molar-refractivity contribution in [2.24, 2.45) is 0 Å². The third kappa shape index (κ3) is 2.54. The van der Waals surface area contributed by atoms with Crippen LogP contribution in [0.25, 0.3) is 0 Å². The second-order valence-electron chi connectivity index (χ2n) is 5.19. The molecule has 3 rings (SSSR count). The lowest BCUT2D eigenvalue weighted by Crippen LogP contribution is -2.32. The van der Waals surface area contributed by atoms with Crippen molar-refractivity contribution in [3.05, 3.63) is 65.7 Å². The van der Waals surface area contributed by atoms with E-state index >= 15 is 0 Å². The van der Waals surface area contributed by atoms with E-state index < -0.39 is 0 Å². The van der Waals surface area contributed by atoms with E-state index in [9.17, 15) is 9.18 Å². The highest BCUT2D eigenvalue weighted by Gasteiger charge is 2.44. The molecule has 1 N–H and O–H groups in total. The number of hydrogen-bond donors (Lipinski definition) is 1. The molecule has 2 aromatic rings. The fourth-order valence-electron chi connectivity index (χ4n) is 2.37. The van der Waals surface area contributed by atoms with Gasteiger partial charge in [0, 0.05) is 18.2 Å². The van der Waals surface area contributed by atoms with Gasteiger partial charge in [0.05, 0.1) is 0 Å². The number of nitrogens with one attached hydrogen (secondary N) is 1. The van der Waals surface area contributed by atoms with Crippen molar-refractivity contribution in [2.45, 2.75) is 18.3 Å². The lowest BCUT2D eigenvalue weighted by atomic mass is 9.96. The Balaban J connectivity index is 1.68. The van der Waals surface area contributed by atoms with Crippen molar-refractivity contribution >= 4 is 5.91 Å². The Morgan fingerprint density at radius 3 is 2.75 bits per heavy atom. The molecule has 0 bridgehead atoms. The second-order valence-corrected chi connectivity index (χ2v) is 5.19. The first kappa shape index (κ1) is 12.8. The monoisotopic (exact) mass is 270 g/mol. The number of nitrogens with zero attached hydrogens (tertiary/aromatic N) is 1. The van der Waals surface area contributed by atoms with Gasteiger partial charge >= 0.3 is 0 Å². The smallest absolute Gasteiger partial charge is 0.269 e. The number of halogens is 1. The van der Waals surface area contributed by atoms with Crippen molar-refractivity contribution in [1.29, 1.82) is 0 Å². The number of carbonyl (C=O) groups excluding carboxylic acids is 1. The van der Waals surface area contributed by atoms with Crippen molar-refractivity contribution in [2.75, 3.05) is 6.54 Å². The van der Waals surface area contributed by atoms with Gasteiger partial charge in [-0.3, -0.25) is 9.78 Å². The summed E-state index contributed by atoms with van der Waals surface area (Å²) in [7, 11) is 0. The van der Waals surface area contributed by atoms with Crippen LogP contribution >= 0.6 is 0 Å². The van der Waals surface area contributed by atoms with Gasteiger partial charge in [0.2, 0.25) is 0 Å². The lowest BCUT2D eigenvalue weighted by Gasteiger charge is -2.16. The minimum Gasteiger partial charge on any atom is -0.350 e. The van der Waals surface area contributed by atoms with Crippen LogP contribution in [0.15, 0.2) is 48.7 Å². The van der Waals surface area contributed by atoms with E-state index in [0.29, 0.717) is 12.2 Å². The zero-order valence-corrected chi connectivity index (χ0v) is 11.0. The van der Waals surface area contributed by atoms with Crippen molar-refractivity contribution < 1.29 is 9.18 Å². The molecule has 1 heterocycles. The maximum absolute atomic E-state index is 13.3. The van der Waals surface area contributed by atoms with E-state index in [1.54, 1.807) is 36.5 Å². The van der Waals surface area contributed by atoms with Crippen LogP contribution in [0.4, 0.5) is 4.39 Å². The summed E-state index contributed by atoms with van der Waals surface area (Å²) in [6, 6.07) is 11.9. The summed E-state index contributed by atoms with van der Waals surface area (Å²) in [4.78, 5) is 16.0. The molecule has 1 aliphatic carbocycles. The van der Waals surface area contributed by atoms with Gasteiger partial charge in [-0.2, -0.15) is 0 Å². The van der Waals surface area contributed by atoms with Crippen LogP contribution in [0.1, 0.15) is 28.9 Å². The molecule has 0 saturated heterocycles. The number of amides is 1. The molecule has 3 nitrogen and oxygen atoms in total. The molecule has 1 amide bonds. The number of pyridine rings is 1. The van der Waals surface area contributed by atoms with E-state index in [4.69, 9.17) is 0 Å². The van der Waals surface area contributed by atoms with Gasteiger partial charge in [-0.1, -0.05) is 18.2 Å². The lowest BCUT2D eigenvalue weighted by molar-refractivity contribution is 0.0944. The fraction of sp³-hybridized carbons (Fsp3) is 0.250. The molecule has 1 aliphatic rings. The molecule has 20 heavy (non-hydrogen) atoms. The van der Waals surface area contributed by atoms with Crippen LogP contribution < -0.4 is 5.32 Å². The second kappa shape index (κ2) is 5.04. The molecule has 0 aliphatic heterocycles. The zero-order chi connectivity index (χ0) is 14.0. The highest BCUT2D eigenvalue weighted by Crippen LogP contribution is 2.47. The number of rotatable bonds is 4. The molecule has 102 valence electrons. The molecule has 0 spiro atoms. The summed E-state index contributed by atoms with van der Waals surface area (Å²) in [5.41, 5.74) is 1.26. The van der Waals surface area contributed by atoms with Crippen LogP contribution in [0, 0.1) is 5.82 Å². The fourth-order valence-corrected chi connectivity index (χ4v) is 2.37. The van der Waals surface area contributed by atoms with Crippen LogP contribution in [-0.4, -0.2) is 17.4 Å². The first-order valence-corrected chi connectivity index (χ1v) is 6.65. The minimum absolute atomic E-state index is 0.105. The molecule has 1 aromatic heterocycles. The van der Waals surface area contributed by atoms with Gasteiger partial charge in [0.1, 0.15) is 11.5 Å². The van der Waals surface area contributed by atoms with Crippen molar-refractivity contribution in [1.82, 2.24) is 10.3 Å². The summed E-state index contributed by atoms with van der Waals surface area (Å²) in [6.45, 7) is 0.520. The molecule has 0 radical (unpaired) electrons. The third-order valence-electron chi connectivity index (χ3n) is 3.78. The van der Waals surface area contributed by atoms with E-state index in [-0.39, 0.29) is 17.1 Å². The highest BCUT2D eigenvalue weighted by atomic mass is 19.1. The number of aromatic nitrogens is 1. The first-order chi connectivity index (χ1) is 9.70. The van der Waals surface area contributed by atoms with Gasteiger partial charge in [-0.25, -0.2) is 4.39 Å². The Kier molecular flexibility index (Phi) is 3.22. The quantitative estimate of drug-likeness (QED) is 0.928. The summed E-state index contributed by atoms with van der Waals surface area (Å²) in [6.07, 6.45) is 3.53. The van der Waals surface area contributed by atoms with E-state index in [1.165, 1.54) is 6.07 Å².